The van der Waals surface area contributed by atoms with Crippen LogP contribution < -0.4 is 10.7 Å². The van der Waals surface area contributed by atoms with Gasteiger partial charge in [0.2, 0.25) is 5.43 Å². The standard InChI is InChI=1S/C20H14F5N3O2S/c1-11-10-16(29)17(18(30)26-12-6-8-13(9-7-12)31-19(21)22)27-28(11)15-5-3-2-4-14(15)20(23,24)25/h2-10,19H,1H3,(H,26,30). The Hall–Kier alpha value is -3.21. The van der Waals surface area contributed by atoms with Crippen molar-refractivity contribution in [3.8, 4) is 5.69 Å². The van der Waals surface area contributed by atoms with E-state index < -0.39 is 34.5 Å². The summed E-state index contributed by atoms with van der Waals surface area (Å²) < 4.78 is 65.8. The molecule has 11 heteroatoms. The first-order valence-electron chi connectivity index (χ1n) is 8.70. The molecule has 0 spiro atoms. The average molecular weight is 455 g/mol. The maximum atomic E-state index is 13.4. The van der Waals surface area contributed by atoms with Gasteiger partial charge in [-0.2, -0.15) is 27.1 Å². The van der Waals surface area contributed by atoms with Gasteiger partial charge in [-0.15, -0.1) is 0 Å². The Kier molecular flexibility index (Phi) is 6.44. The van der Waals surface area contributed by atoms with Gasteiger partial charge < -0.3 is 5.32 Å². The van der Waals surface area contributed by atoms with E-state index in [2.05, 4.69) is 10.4 Å². The Morgan fingerprint density at radius 1 is 1.10 bits per heavy atom. The SMILES string of the molecule is Cc1cc(=O)c(C(=O)Nc2ccc(SC(F)F)cc2)nn1-c1ccccc1C(F)(F)F. The van der Waals surface area contributed by atoms with Crippen LogP contribution in [0.3, 0.4) is 0 Å². The molecule has 0 fully saturated rings. The number of alkyl halides is 5. The van der Waals surface area contributed by atoms with Crippen molar-refractivity contribution in [1.29, 1.82) is 0 Å². The third-order valence-electron chi connectivity index (χ3n) is 4.10. The molecule has 162 valence electrons. The van der Waals surface area contributed by atoms with E-state index in [0.29, 0.717) is 11.8 Å². The molecular formula is C20H14F5N3O2S. The molecule has 3 aromatic rings. The number of benzene rings is 2. The third-order valence-corrected chi connectivity index (χ3v) is 4.82. The van der Waals surface area contributed by atoms with Crippen molar-refractivity contribution in [2.45, 2.75) is 23.8 Å². The van der Waals surface area contributed by atoms with Gasteiger partial charge in [-0.25, -0.2) is 4.68 Å². The normalized spacial score (nSPS) is 11.6. The Morgan fingerprint density at radius 3 is 2.35 bits per heavy atom. The molecule has 0 unspecified atom stereocenters. The highest BCUT2D eigenvalue weighted by atomic mass is 32.2. The molecule has 2 aromatic carbocycles. The fourth-order valence-electron chi connectivity index (χ4n) is 2.76. The topological polar surface area (TPSA) is 64.0 Å². The fourth-order valence-corrected chi connectivity index (χ4v) is 3.26. The molecule has 1 amide bonds. The van der Waals surface area contributed by atoms with Gasteiger partial charge in [0.1, 0.15) is 0 Å². The zero-order valence-electron chi connectivity index (χ0n) is 15.8. The Bertz CT molecular complexity index is 1160. The number of rotatable bonds is 5. The van der Waals surface area contributed by atoms with Gasteiger partial charge in [-0.1, -0.05) is 23.9 Å². The van der Waals surface area contributed by atoms with Crippen molar-refractivity contribution in [2.75, 3.05) is 5.32 Å². The maximum Gasteiger partial charge on any atom is 0.418 e. The van der Waals surface area contributed by atoms with Crippen LogP contribution in [0.4, 0.5) is 27.6 Å². The second-order valence-electron chi connectivity index (χ2n) is 6.28. The van der Waals surface area contributed by atoms with Crippen LogP contribution in [0.2, 0.25) is 0 Å². The fraction of sp³-hybridized carbons (Fsp3) is 0.150. The highest BCUT2D eigenvalue weighted by Gasteiger charge is 2.34. The lowest BCUT2D eigenvalue weighted by Gasteiger charge is -2.16. The molecule has 1 heterocycles. The highest BCUT2D eigenvalue weighted by Crippen LogP contribution is 2.33. The molecule has 5 nitrogen and oxygen atoms in total. The summed E-state index contributed by atoms with van der Waals surface area (Å²) in [6.07, 6.45) is -4.67. The minimum Gasteiger partial charge on any atom is -0.320 e. The molecule has 0 bridgehead atoms. The molecule has 31 heavy (non-hydrogen) atoms. The van der Waals surface area contributed by atoms with Gasteiger partial charge >= 0.3 is 6.18 Å². The van der Waals surface area contributed by atoms with Crippen molar-refractivity contribution in [3.63, 3.8) is 0 Å². The van der Waals surface area contributed by atoms with Crippen LogP contribution in [-0.4, -0.2) is 21.4 Å². The molecule has 0 saturated carbocycles. The predicted molar refractivity (Wildman–Crippen MR) is 106 cm³/mol. The molecule has 0 atom stereocenters. The van der Waals surface area contributed by atoms with Gasteiger partial charge in [-0.05, 0) is 43.3 Å². The molecule has 0 aliphatic carbocycles. The monoisotopic (exact) mass is 455 g/mol. The van der Waals surface area contributed by atoms with E-state index in [1.807, 2.05) is 0 Å². The number of hydrogen-bond donors (Lipinski definition) is 1. The highest BCUT2D eigenvalue weighted by molar-refractivity contribution is 7.99. The second kappa shape index (κ2) is 8.88. The second-order valence-corrected chi connectivity index (χ2v) is 7.35. The van der Waals surface area contributed by atoms with E-state index in [-0.39, 0.29) is 22.0 Å². The van der Waals surface area contributed by atoms with Gasteiger partial charge in [0.25, 0.3) is 11.7 Å². The van der Waals surface area contributed by atoms with Crippen LogP contribution in [0.15, 0.2) is 64.3 Å². The third kappa shape index (κ3) is 5.29. The lowest BCUT2D eigenvalue weighted by atomic mass is 10.1. The minimum atomic E-state index is -4.67. The summed E-state index contributed by atoms with van der Waals surface area (Å²) in [6, 6.07) is 11.1. The molecule has 0 saturated heterocycles. The number of carbonyl (C=O) groups excluding carboxylic acids is 1. The summed E-state index contributed by atoms with van der Waals surface area (Å²) in [5, 5.41) is 6.25. The number of nitrogens with one attached hydrogen (secondary N) is 1. The van der Waals surface area contributed by atoms with Gasteiger partial charge in [0, 0.05) is 22.3 Å². The molecular weight excluding hydrogens is 441 g/mol. The van der Waals surface area contributed by atoms with Crippen LogP contribution in [0.25, 0.3) is 5.69 Å². The number of hydrogen-bond acceptors (Lipinski definition) is 4. The molecule has 3 rings (SSSR count). The zero-order chi connectivity index (χ0) is 22.8. The lowest BCUT2D eigenvalue weighted by molar-refractivity contribution is -0.137. The number of carbonyl (C=O) groups is 1. The number of amides is 1. The smallest absolute Gasteiger partial charge is 0.320 e. The quantitative estimate of drug-likeness (QED) is 0.428. The molecule has 1 N–H and O–H groups in total. The summed E-state index contributed by atoms with van der Waals surface area (Å²) in [4.78, 5) is 25.1. The number of aromatic nitrogens is 2. The average Bonchev–Trinajstić information content (AvgIpc) is 2.68. The molecule has 0 aliphatic heterocycles. The van der Waals surface area contributed by atoms with Crippen LogP contribution in [0.5, 0.6) is 0 Å². The van der Waals surface area contributed by atoms with Gasteiger partial charge in [-0.3, -0.25) is 9.59 Å². The van der Waals surface area contributed by atoms with Crippen LogP contribution in [0.1, 0.15) is 21.7 Å². The van der Waals surface area contributed by atoms with Crippen molar-refractivity contribution < 1.29 is 26.7 Å². The number of nitrogens with zero attached hydrogens (tertiary/aromatic N) is 2. The molecule has 1 aromatic heterocycles. The van der Waals surface area contributed by atoms with E-state index >= 15 is 0 Å². The van der Waals surface area contributed by atoms with Gasteiger partial charge in [0.15, 0.2) is 5.69 Å². The number of anilines is 1. The minimum absolute atomic E-state index is 0.103. The van der Waals surface area contributed by atoms with Crippen LogP contribution >= 0.6 is 11.8 Å². The van der Waals surface area contributed by atoms with Crippen molar-refractivity contribution in [2.24, 2.45) is 0 Å². The Morgan fingerprint density at radius 2 is 1.74 bits per heavy atom. The van der Waals surface area contributed by atoms with E-state index in [4.69, 9.17) is 0 Å². The number of thioether (sulfide) groups is 1. The number of para-hydroxylation sites is 1. The zero-order valence-corrected chi connectivity index (χ0v) is 16.6. The molecule has 0 radical (unpaired) electrons. The van der Waals surface area contributed by atoms with Crippen molar-refractivity contribution in [3.05, 3.63) is 81.8 Å². The van der Waals surface area contributed by atoms with Crippen LogP contribution in [0, 0.1) is 6.92 Å². The van der Waals surface area contributed by atoms with E-state index in [1.54, 1.807) is 0 Å². The number of aryl methyl sites for hydroxylation is 1. The van der Waals surface area contributed by atoms with Crippen molar-refractivity contribution >= 4 is 23.4 Å². The molecule has 0 aliphatic rings. The summed E-state index contributed by atoms with van der Waals surface area (Å²) in [5.41, 5.74) is -2.41. The first kappa shape index (κ1) is 22.5. The van der Waals surface area contributed by atoms with E-state index in [1.165, 1.54) is 49.4 Å². The first-order chi connectivity index (χ1) is 14.6. The van der Waals surface area contributed by atoms with E-state index in [0.717, 1.165) is 16.8 Å². The Labute approximate surface area is 176 Å². The first-order valence-corrected chi connectivity index (χ1v) is 9.58. The number of halogens is 5. The summed E-state index contributed by atoms with van der Waals surface area (Å²) >= 11 is 0.326. The summed E-state index contributed by atoms with van der Waals surface area (Å²) in [6.45, 7) is 1.39. The summed E-state index contributed by atoms with van der Waals surface area (Å²) in [5.74, 6) is -3.55. The van der Waals surface area contributed by atoms with Gasteiger partial charge in [0.05, 0.1) is 11.3 Å². The van der Waals surface area contributed by atoms with E-state index in [9.17, 15) is 31.5 Å². The largest absolute Gasteiger partial charge is 0.418 e. The Balaban J connectivity index is 1.95. The maximum absolute atomic E-state index is 13.4. The summed E-state index contributed by atoms with van der Waals surface area (Å²) in [7, 11) is 0. The van der Waals surface area contributed by atoms with Crippen LogP contribution in [-0.2, 0) is 6.18 Å². The lowest BCUT2D eigenvalue weighted by Crippen LogP contribution is -2.27. The predicted octanol–water partition coefficient (Wildman–Crippen LogP) is 5.13. The van der Waals surface area contributed by atoms with Crippen molar-refractivity contribution in [1.82, 2.24) is 9.78 Å².